The Morgan fingerprint density at radius 1 is 1.14 bits per heavy atom. The summed E-state index contributed by atoms with van der Waals surface area (Å²) in [7, 11) is 1.73. The van der Waals surface area contributed by atoms with E-state index in [1.54, 1.807) is 7.11 Å². The average Bonchev–Trinajstić information content (AvgIpc) is 3.31. The summed E-state index contributed by atoms with van der Waals surface area (Å²) in [6.45, 7) is 1.40. The Bertz CT molecular complexity index is 830. The van der Waals surface area contributed by atoms with Crippen molar-refractivity contribution in [2.24, 2.45) is 0 Å². The predicted molar refractivity (Wildman–Crippen MR) is 112 cm³/mol. The predicted octanol–water partition coefficient (Wildman–Crippen LogP) is 5.26. The van der Waals surface area contributed by atoms with Crippen LogP contribution in [0.3, 0.4) is 0 Å². The van der Waals surface area contributed by atoms with E-state index in [-0.39, 0.29) is 11.8 Å². The van der Waals surface area contributed by atoms with Crippen molar-refractivity contribution in [1.82, 2.24) is 4.90 Å². The molecule has 1 heterocycles. The molecule has 1 saturated heterocycles. The third-order valence-electron chi connectivity index (χ3n) is 5.87. The van der Waals surface area contributed by atoms with E-state index in [1.807, 2.05) is 29.2 Å². The van der Waals surface area contributed by atoms with Gasteiger partial charge in [0, 0.05) is 49.9 Å². The van der Waals surface area contributed by atoms with Gasteiger partial charge in [0.25, 0.3) is 0 Å². The molecule has 1 aliphatic heterocycles. The molecule has 1 aliphatic carbocycles. The molecule has 0 aromatic heterocycles. The molecule has 2 aromatic carbocycles. The van der Waals surface area contributed by atoms with Gasteiger partial charge in [0.15, 0.2) is 0 Å². The van der Waals surface area contributed by atoms with Gasteiger partial charge in [-0.2, -0.15) is 0 Å². The highest BCUT2D eigenvalue weighted by Crippen LogP contribution is 2.37. The summed E-state index contributed by atoms with van der Waals surface area (Å²) < 4.78 is 13.0. The first-order valence-electron chi connectivity index (χ1n) is 9.93. The lowest BCUT2D eigenvalue weighted by atomic mass is 9.98. The van der Waals surface area contributed by atoms with E-state index < -0.39 is 5.79 Å². The van der Waals surface area contributed by atoms with Gasteiger partial charge in [-0.3, -0.25) is 4.79 Å². The van der Waals surface area contributed by atoms with Crippen LogP contribution in [0.4, 0.5) is 0 Å². The standard InChI is InChI=1S/C23H26BrNO3/c1-27-23(11-2-3-12-23)28-21-6-4-5-18(13-21)19-14-22(26)25(16-19)15-17-7-9-20(24)10-8-17/h4-10,13,19H,2-3,11-12,14-16H2,1H3/t19-/m0/s1. The second-order valence-corrected chi connectivity index (χ2v) is 8.71. The van der Waals surface area contributed by atoms with Crippen LogP contribution in [0.25, 0.3) is 0 Å². The lowest BCUT2D eigenvalue weighted by molar-refractivity contribution is -0.157. The van der Waals surface area contributed by atoms with Gasteiger partial charge in [0.05, 0.1) is 0 Å². The van der Waals surface area contributed by atoms with Gasteiger partial charge < -0.3 is 14.4 Å². The maximum Gasteiger partial charge on any atom is 0.223 e. The van der Waals surface area contributed by atoms with Crippen LogP contribution in [0.1, 0.15) is 49.1 Å². The Balaban J connectivity index is 1.44. The molecule has 1 saturated carbocycles. The first-order chi connectivity index (χ1) is 13.6. The topological polar surface area (TPSA) is 38.8 Å². The second-order valence-electron chi connectivity index (χ2n) is 7.80. The first-order valence-corrected chi connectivity index (χ1v) is 10.7. The van der Waals surface area contributed by atoms with Crippen molar-refractivity contribution < 1.29 is 14.3 Å². The van der Waals surface area contributed by atoms with Crippen molar-refractivity contribution >= 4 is 21.8 Å². The summed E-state index contributed by atoms with van der Waals surface area (Å²) in [4.78, 5) is 14.5. The smallest absolute Gasteiger partial charge is 0.223 e. The van der Waals surface area contributed by atoms with Gasteiger partial charge >= 0.3 is 0 Å². The minimum absolute atomic E-state index is 0.202. The summed E-state index contributed by atoms with van der Waals surface area (Å²) in [5.74, 6) is 0.759. The summed E-state index contributed by atoms with van der Waals surface area (Å²) in [6, 6.07) is 16.3. The van der Waals surface area contributed by atoms with Gasteiger partial charge in [0.1, 0.15) is 5.75 Å². The van der Waals surface area contributed by atoms with E-state index in [4.69, 9.17) is 9.47 Å². The fourth-order valence-electron chi connectivity index (χ4n) is 4.27. The first kappa shape index (κ1) is 19.5. The Kier molecular flexibility index (Phi) is 5.74. The maximum absolute atomic E-state index is 12.6. The lowest BCUT2D eigenvalue weighted by Crippen LogP contribution is -2.34. The normalized spacial score (nSPS) is 21.3. The zero-order valence-electron chi connectivity index (χ0n) is 16.2. The number of likely N-dealkylation sites (tertiary alicyclic amines) is 1. The Morgan fingerprint density at radius 2 is 1.89 bits per heavy atom. The maximum atomic E-state index is 12.6. The molecule has 0 bridgehead atoms. The molecule has 28 heavy (non-hydrogen) atoms. The number of hydrogen-bond acceptors (Lipinski definition) is 3. The fourth-order valence-corrected chi connectivity index (χ4v) is 4.53. The van der Waals surface area contributed by atoms with Crippen LogP contribution < -0.4 is 4.74 Å². The number of ether oxygens (including phenoxy) is 2. The molecule has 148 valence electrons. The van der Waals surface area contributed by atoms with Crippen LogP contribution in [-0.2, 0) is 16.1 Å². The Morgan fingerprint density at radius 3 is 2.61 bits per heavy atom. The summed E-state index contributed by atoms with van der Waals surface area (Å²) in [5, 5.41) is 0. The van der Waals surface area contributed by atoms with Crippen LogP contribution in [0.2, 0.25) is 0 Å². The number of hydrogen-bond donors (Lipinski definition) is 0. The molecule has 1 amide bonds. The molecule has 2 fully saturated rings. The zero-order valence-corrected chi connectivity index (χ0v) is 17.8. The molecule has 4 rings (SSSR count). The second kappa shape index (κ2) is 8.26. The zero-order chi connectivity index (χ0) is 19.6. The SMILES string of the molecule is COC1(Oc2cccc([C@H]3CC(=O)N(Cc4ccc(Br)cc4)C3)c2)CCCC1. The number of nitrogens with zero attached hydrogens (tertiary/aromatic N) is 1. The molecule has 0 spiro atoms. The lowest BCUT2D eigenvalue weighted by Gasteiger charge is -2.28. The van der Waals surface area contributed by atoms with Crippen molar-refractivity contribution in [3.63, 3.8) is 0 Å². The van der Waals surface area contributed by atoms with Crippen LogP contribution in [0.15, 0.2) is 53.0 Å². The summed E-state index contributed by atoms with van der Waals surface area (Å²) in [6.07, 6.45) is 4.67. The fraction of sp³-hybridized carbons (Fsp3) is 0.435. The monoisotopic (exact) mass is 443 g/mol. The molecule has 0 radical (unpaired) electrons. The number of amides is 1. The highest BCUT2D eigenvalue weighted by molar-refractivity contribution is 9.10. The average molecular weight is 444 g/mol. The molecule has 0 unspecified atom stereocenters. The van der Waals surface area contributed by atoms with Crippen molar-refractivity contribution in [2.45, 2.75) is 50.4 Å². The van der Waals surface area contributed by atoms with Crippen molar-refractivity contribution in [3.8, 4) is 5.75 Å². The molecule has 5 heteroatoms. The molecule has 2 aliphatic rings. The highest BCUT2D eigenvalue weighted by atomic mass is 79.9. The van der Waals surface area contributed by atoms with Crippen LogP contribution in [0.5, 0.6) is 5.75 Å². The van der Waals surface area contributed by atoms with Crippen molar-refractivity contribution in [3.05, 3.63) is 64.1 Å². The summed E-state index contributed by atoms with van der Waals surface area (Å²) >= 11 is 3.46. The van der Waals surface area contributed by atoms with E-state index in [9.17, 15) is 4.79 Å². The van der Waals surface area contributed by atoms with E-state index in [0.717, 1.165) is 53.6 Å². The van der Waals surface area contributed by atoms with Crippen LogP contribution in [0, 0.1) is 0 Å². The molecule has 1 atom stereocenters. The van der Waals surface area contributed by atoms with Crippen LogP contribution >= 0.6 is 15.9 Å². The minimum Gasteiger partial charge on any atom is -0.462 e. The quantitative estimate of drug-likeness (QED) is 0.571. The van der Waals surface area contributed by atoms with Gasteiger partial charge in [0.2, 0.25) is 11.7 Å². The van der Waals surface area contributed by atoms with Gasteiger partial charge in [-0.25, -0.2) is 0 Å². The molecule has 2 aromatic rings. The molecule has 0 N–H and O–H groups in total. The third kappa shape index (κ3) is 4.26. The van der Waals surface area contributed by atoms with Crippen LogP contribution in [-0.4, -0.2) is 30.2 Å². The molecular weight excluding hydrogens is 418 g/mol. The largest absolute Gasteiger partial charge is 0.462 e. The molecule has 4 nitrogen and oxygen atoms in total. The number of carbonyl (C=O) groups is 1. The van der Waals surface area contributed by atoms with Gasteiger partial charge in [-0.15, -0.1) is 0 Å². The highest BCUT2D eigenvalue weighted by Gasteiger charge is 2.36. The van der Waals surface area contributed by atoms with Gasteiger partial charge in [-0.05, 0) is 48.2 Å². The Hall–Kier alpha value is -1.85. The van der Waals surface area contributed by atoms with Crippen molar-refractivity contribution in [2.75, 3.05) is 13.7 Å². The van der Waals surface area contributed by atoms with E-state index in [1.165, 1.54) is 0 Å². The Labute approximate surface area is 175 Å². The van der Waals surface area contributed by atoms with Gasteiger partial charge in [-0.1, -0.05) is 40.2 Å². The number of halogens is 1. The number of rotatable bonds is 6. The number of benzene rings is 2. The van der Waals surface area contributed by atoms with E-state index >= 15 is 0 Å². The summed E-state index contributed by atoms with van der Waals surface area (Å²) in [5.41, 5.74) is 2.31. The van der Waals surface area contributed by atoms with E-state index in [0.29, 0.717) is 13.0 Å². The number of methoxy groups -OCH3 is 1. The van der Waals surface area contributed by atoms with Crippen molar-refractivity contribution in [1.29, 1.82) is 0 Å². The number of carbonyl (C=O) groups excluding carboxylic acids is 1. The minimum atomic E-state index is -0.488. The van der Waals surface area contributed by atoms with E-state index in [2.05, 4.69) is 40.2 Å². The molecular formula is C23H26BrNO3. The third-order valence-corrected chi connectivity index (χ3v) is 6.40.